The SMILES string of the molecule is Cc1csc([C@H]2C[C@H](F)CN2C(=O)c2cc(Cl)cc(-c3nnc([C@@](C)(N)Cc4ccccc4)o3)c2)n1. The molecule has 1 fully saturated rings. The third-order valence-corrected chi connectivity index (χ3v) is 7.43. The van der Waals surface area contributed by atoms with E-state index in [4.69, 9.17) is 21.8 Å². The summed E-state index contributed by atoms with van der Waals surface area (Å²) in [5.41, 5.74) is 8.30. The zero-order valence-electron chi connectivity index (χ0n) is 19.8. The van der Waals surface area contributed by atoms with Crippen LogP contribution in [0.1, 0.15) is 51.9 Å². The summed E-state index contributed by atoms with van der Waals surface area (Å²) in [5, 5.41) is 11.3. The Bertz CT molecular complexity index is 1390. The van der Waals surface area contributed by atoms with Crippen LogP contribution in [0.25, 0.3) is 11.5 Å². The summed E-state index contributed by atoms with van der Waals surface area (Å²) < 4.78 is 20.3. The van der Waals surface area contributed by atoms with Gasteiger partial charge in [0.15, 0.2) is 0 Å². The van der Waals surface area contributed by atoms with E-state index in [0.29, 0.717) is 22.6 Å². The average Bonchev–Trinajstić information content (AvgIpc) is 3.58. The van der Waals surface area contributed by atoms with E-state index in [9.17, 15) is 9.18 Å². The number of likely N-dealkylation sites (tertiary alicyclic amines) is 1. The van der Waals surface area contributed by atoms with Gasteiger partial charge in [0, 0.05) is 33.6 Å². The Balaban J connectivity index is 1.41. The molecular formula is C26H25ClFN5O2S. The molecular weight excluding hydrogens is 501 g/mol. The van der Waals surface area contributed by atoms with Crippen LogP contribution in [0.2, 0.25) is 5.02 Å². The number of nitrogens with zero attached hydrogens (tertiary/aromatic N) is 4. The predicted octanol–water partition coefficient (Wildman–Crippen LogP) is 5.50. The number of aromatic nitrogens is 3. The van der Waals surface area contributed by atoms with Crippen molar-refractivity contribution in [2.45, 2.75) is 44.4 Å². The molecule has 1 saturated heterocycles. The molecule has 3 heterocycles. The fraction of sp³-hybridized carbons (Fsp3) is 0.308. The number of halogens is 2. The van der Waals surface area contributed by atoms with Gasteiger partial charge < -0.3 is 15.1 Å². The van der Waals surface area contributed by atoms with Gasteiger partial charge in [0.25, 0.3) is 5.91 Å². The minimum atomic E-state index is -1.12. The van der Waals surface area contributed by atoms with Crippen LogP contribution in [-0.2, 0) is 12.0 Å². The van der Waals surface area contributed by atoms with Gasteiger partial charge in [-0.2, -0.15) is 0 Å². The molecule has 0 unspecified atom stereocenters. The second-order valence-corrected chi connectivity index (χ2v) is 10.7. The fourth-order valence-corrected chi connectivity index (χ4v) is 5.59. The molecule has 2 aromatic heterocycles. The van der Waals surface area contributed by atoms with Crippen LogP contribution in [0.3, 0.4) is 0 Å². The van der Waals surface area contributed by atoms with E-state index in [1.165, 1.54) is 16.2 Å². The van der Waals surface area contributed by atoms with E-state index in [1.54, 1.807) is 18.2 Å². The summed E-state index contributed by atoms with van der Waals surface area (Å²) >= 11 is 7.80. The van der Waals surface area contributed by atoms with Gasteiger partial charge in [-0.3, -0.25) is 4.79 Å². The van der Waals surface area contributed by atoms with Crippen LogP contribution in [-0.4, -0.2) is 38.7 Å². The normalized spacial score (nSPS) is 19.4. The first-order valence-corrected chi connectivity index (χ1v) is 12.8. The molecule has 1 amide bonds. The second kappa shape index (κ2) is 9.72. The lowest BCUT2D eigenvalue weighted by Gasteiger charge is -2.23. The zero-order chi connectivity index (χ0) is 25.4. The summed E-state index contributed by atoms with van der Waals surface area (Å²) in [6, 6.07) is 14.2. The number of aryl methyl sites for hydroxylation is 1. The molecule has 10 heteroatoms. The molecule has 0 spiro atoms. The minimum absolute atomic E-state index is 0.000303. The largest absolute Gasteiger partial charge is 0.419 e. The van der Waals surface area contributed by atoms with Crippen molar-refractivity contribution in [3.05, 3.63) is 86.7 Å². The van der Waals surface area contributed by atoms with E-state index < -0.39 is 17.8 Å². The van der Waals surface area contributed by atoms with Crippen LogP contribution < -0.4 is 5.73 Å². The molecule has 2 aromatic carbocycles. The topological polar surface area (TPSA) is 98.1 Å². The molecule has 1 aliphatic heterocycles. The Morgan fingerprint density at radius 1 is 1.28 bits per heavy atom. The molecule has 0 bridgehead atoms. The van der Waals surface area contributed by atoms with Gasteiger partial charge in [0.1, 0.15) is 11.2 Å². The number of carbonyl (C=O) groups is 1. The van der Waals surface area contributed by atoms with Gasteiger partial charge in [0.2, 0.25) is 11.8 Å². The van der Waals surface area contributed by atoms with Crippen LogP contribution in [0.15, 0.2) is 58.3 Å². The van der Waals surface area contributed by atoms with Gasteiger partial charge in [-0.05, 0) is 44.0 Å². The number of benzene rings is 2. The highest BCUT2D eigenvalue weighted by Crippen LogP contribution is 2.37. The Labute approximate surface area is 217 Å². The molecule has 0 radical (unpaired) electrons. The number of rotatable bonds is 6. The Morgan fingerprint density at radius 3 is 2.78 bits per heavy atom. The number of alkyl halides is 1. The van der Waals surface area contributed by atoms with E-state index >= 15 is 0 Å². The standard InChI is InChI=1S/C26H25ClFN5O2S/c1-15-14-36-23(30-15)21-11-20(28)13-33(21)24(34)18-8-17(9-19(27)10-18)22-31-32-25(35-22)26(2,29)12-16-6-4-3-5-7-16/h3-10,14,20-21H,11-13,29H2,1-2H3/t20-,21+,26-/m0/s1. The number of hydrogen-bond acceptors (Lipinski definition) is 7. The van der Waals surface area contributed by atoms with Crippen molar-refractivity contribution in [3.63, 3.8) is 0 Å². The third-order valence-electron chi connectivity index (χ3n) is 6.15. The van der Waals surface area contributed by atoms with Crippen molar-refractivity contribution >= 4 is 28.8 Å². The van der Waals surface area contributed by atoms with Crippen LogP contribution in [0.4, 0.5) is 4.39 Å². The Morgan fingerprint density at radius 2 is 2.06 bits per heavy atom. The first-order valence-electron chi connectivity index (χ1n) is 11.5. The molecule has 186 valence electrons. The molecule has 2 N–H and O–H groups in total. The van der Waals surface area contributed by atoms with E-state index in [0.717, 1.165) is 16.3 Å². The highest BCUT2D eigenvalue weighted by atomic mass is 35.5. The fourth-order valence-electron chi connectivity index (χ4n) is 4.44. The Kier molecular flexibility index (Phi) is 6.63. The maximum atomic E-state index is 14.4. The van der Waals surface area contributed by atoms with E-state index in [2.05, 4.69) is 15.2 Å². The number of amides is 1. The maximum absolute atomic E-state index is 14.4. The zero-order valence-corrected chi connectivity index (χ0v) is 21.4. The molecule has 0 aliphatic carbocycles. The minimum Gasteiger partial charge on any atom is -0.419 e. The lowest BCUT2D eigenvalue weighted by molar-refractivity contribution is 0.0728. The molecule has 3 atom stereocenters. The van der Waals surface area contributed by atoms with Crippen molar-refractivity contribution in [1.29, 1.82) is 0 Å². The van der Waals surface area contributed by atoms with Crippen molar-refractivity contribution in [2.24, 2.45) is 5.73 Å². The van der Waals surface area contributed by atoms with Gasteiger partial charge in [-0.15, -0.1) is 21.5 Å². The smallest absolute Gasteiger partial charge is 0.254 e. The molecule has 7 nitrogen and oxygen atoms in total. The molecule has 36 heavy (non-hydrogen) atoms. The quantitative estimate of drug-likeness (QED) is 0.357. The first kappa shape index (κ1) is 24.5. The van der Waals surface area contributed by atoms with Crippen LogP contribution >= 0.6 is 22.9 Å². The van der Waals surface area contributed by atoms with Crippen molar-refractivity contribution in [3.8, 4) is 11.5 Å². The van der Waals surface area contributed by atoms with Gasteiger partial charge in [0.05, 0.1) is 18.1 Å². The van der Waals surface area contributed by atoms with Gasteiger partial charge in [-0.25, -0.2) is 9.37 Å². The van der Waals surface area contributed by atoms with Gasteiger partial charge >= 0.3 is 0 Å². The van der Waals surface area contributed by atoms with Crippen molar-refractivity contribution < 1.29 is 13.6 Å². The molecule has 5 rings (SSSR count). The summed E-state index contributed by atoms with van der Waals surface area (Å²) in [5.74, 6) is 0.139. The number of nitrogens with two attached hydrogens (primary N) is 1. The highest BCUT2D eigenvalue weighted by Gasteiger charge is 2.38. The lowest BCUT2D eigenvalue weighted by Crippen LogP contribution is -2.35. The van der Waals surface area contributed by atoms with Crippen molar-refractivity contribution in [1.82, 2.24) is 20.1 Å². The monoisotopic (exact) mass is 525 g/mol. The predicted molar refractivity (Wildman–Crippen MR) is 137 cm³/mol. The summed E-state index contributed by atoms with van der Waals surface area (Å²) in [6.45, 7) is 3.70. The van der Waals surface area contributed by atoms with Crippen molar-refractivity contribution in [2.75, 3.05) is 6.54 Å². The highest BCUT2D eigenvalue weighted by molar-refractivity contribution is 7.09. The first-order chi connectivity index (χ1) is 17.2. The number of hydrogen-bond donors (Lipinski definition) is 1. The third kappa shape index (κ3) is 5.04. The molecule has 1 aliphatic rings. The van der Waals surface area contributed by atoms with Crippen LogP contribution in [0, 0.1) is 6.92 Å². The number of carbonyl (C=O) groups excluding carboxylic acids is 1. The van der Waals surface area contributed by atoms with E-state index in [-0.39, 0.29) is 30.7 Å². The lowest BCUT2D eigenvalue weighted by atomic mass is 9.94. The van der Waals surface area contributed by atoms with E-state index in [1.807, 2.05) is 49.6 Å². The average molecular weight is 526 g/mol. The van der Waals surface area contributed by atoms with Gasteiger partial charge in [-0.1, -0.05) is 41.9 Å². The Hall–Kier alpha value is -3.14. The van der Waals surface area contributed by atoms with Crippen LogP contribution in [0.5, 0.6) is 0 Å². The number of thiazole rings is 1. The molecule has 0 saturated carbocycles. The molecule has 4 aromatic rings. The summed E-state index contributed by atoms with van der Waals surface area (Å²) in [4.78, 5) is 19.5. The maximum Gasteiger partial charge on any atom is 0.254 e. The summed E-state index contributed by atoms with van der Waals surface area (Å²) in [7, 11) is 0. The summed E-state index contributed by atoms with van der Waals surface area (Å²) in [6.07, 6.45) is -0.395. The second-order valence-electron chi connectivity index (χ2n) is 9.35.